The standard InChI is InChI=1S/C16H28O6/c1-6-10(7-9(2)3)16(4,5)22-15-14(20)13(19)12(18)11(8-17)21-15/h6-7,10-15,17-20H,1,8H2,2-5H3/t10-,11+,12+,13-,14+,15-/m0/s1. The number of allylic oxidation sites excluding steroid dienone is 1. The second-order valence-electron chi connectivity index (χ2n) is 6.42. The molecule has 0 aromatic heterocycles. The third-order valence-electron chi connectivity index (χ3n) is 3.84. The van der Waals surface area contributed by atoms with Crippen molar-refractivity contribution in [3.8, 4) is 0 Å². The summed E-state index contributed by atoms with van der Waals surface area (Å²) in [6.07, 6.45) is -2.67. The Morgan fingerprint density at radius 3 is 2.27 bits per heavy atom. The third-order valence-corrected chi connectivity index (χ3v) is 3.84. The second kappa shape index (κ2) is 7.68. The Bertz CT molecular complexity index is 399. The average molecular weight is 316 g/mol. The predicted octanol–water partition coefficient (Wildman–Crippen LogP) is 0.350. The molecule has 128 valence electrons. The molecule has 6 atom stereocenters. The number of hydrogen-bond acceptors (Lipinski definition) is 6. The van der Waals surface area contributed by atoms with Gasteiger partial charge in [0, 0.05) is 5.92 Å². The van der Waals surface area contributed by atoms with E-state index in [1.807, 2.05) is 33.8 Å². The van der Waals surface area contributed by atoms with Crippen molar-refractivity contribution in [2.45, 2.75) is 64.0 Å². The summed E-state index contributed by atoms with van der Waals surface area (Å²) in [4.78, 5) is 0. The normalized spacial score (nSPS) is 34.1. The van der Waals surface area contributed by atoms with Gasteiger partial charge < -0.3 is 29.9 Å². The van der Waals surface area contributed by atoms with Gasteiger partial charge in [-0.2, -0.15) is 0 Å². The van der Waals surface area contributed by atoms with Crippen molar-refractivity contribution in [1.82, 2.24) is 0 Å². The Kier molecular flexibility index (Phi) is 6.73. The van der Waals surface area contributed by atoms with Gasteiger partial charge >= 0.3 is 0 Å². The lowest BCUT2D eigenvalue weighted by atomic mass is 9.88. The molecule has 1 aliphatic heterocycles. The molecule has 0 saturated carbocycles. The Balaban J connectivity index is 2.90. The minimum Gasteiger partial charge on any atom is -0.394 e. The molecule has 1 aliphatic rings. The van der Waals surface area contributed by atoms with E-state index >= 15 is 0 Å². The molecule has 0 aromatic rings. The molecule has 0 aromatic carbocycles. The van der Waals surface area contributed by atoms with Crippen LogP contribution in [0.1, 0.15) is 27.7 Å². The summed E-state index contributed by atoms with van der Waals surface area (Å²) in [6.45, 7) is 10.9. The summed E-state index contributed by atoms with van der Waals surface area (Å²) in [5, 5.41) is 38.8. The monoisotopic (exact) mass is 316 g/mol. The van der Waals surface area contributed by atoms with Gasteiger partial charge in [-0.3, -0.25) is 0 Å². The molecule has 1 saturated heterocycles. The maximum absolute atomic E-state index is 10.0. The van der Waals surface area contributed by atoms with Crippen molar-refractivity contribution in [1.29, 1.82) is 0 Å². The van der Waals surface area contributed by atoms with Crippen molar-refractivity contribution >= 4 is 0 Å². The number of rotatable bonds is 6. The fourth-order valence-electron chi connectivity index (χ4n) is 2.45. The molecule has 0 bridgehead atoms. The highest BCUT2D eigenvalue weighted by molar-refractivity contribution is 5.09. The van der Waals surface area contributed by atoms with Crippen LogP contribution in [0.25, 0.3) is 0 Å². The Hall–Kier alpha value is -0.760. The molecule has 1 fully saturated rings. The van der Waals surface area contributed by atoms with E-state index in [1.165, 1.54) is 0 Å². The van der Waals surface area contributed by atoms with Gasteiger partial charge in [0.25, 0.3) is 0 Å². The van der Waals surface area contributed by atoms with Crippen molar-refractivity contribution in [2.24, 2.45) is 5.92 Å². The molecule has 4 N–H and O–H groups in total. The Labute approximate surface area is 131 Å². The molecule has 1 rings (SSSR count). The molecule has 0 amide bonds. The lowest BCUT2D eigenvalue weighted by Crippen LogP contribution is -2.60. The van der Waals surface area contributed by atoms with Gasteiger partial charge in [0.05, 0.1) is 12.2 Å². The number of aliphatic hydroxyl groups is 4. The molecule has 0 unspecified atom stereocenters. The maximum atomic E-state index is 10.0. The second-order valence-corrected chi connectivity index (χ2v) is 6.42. The van der Waals surface area contributed by atoms with Crippen LogP contribution >= 0.6 is 0 Å². The minimum absolute atomic E-state index is 0.134. The van der Waals surface area contributed by atoms with Crippen LogP contribution < -0.4 is 0 Å². The van der Waals surface area contributed by atoms with Crippen LogP contribution in [0.4, 0.5) is 0 Å². The molecule has 6 heteroatoms. The van der Waals surface area contributed by atoms with Gasteiger partial charge in [-0.05, 0) is 27.7 Å². The number of ether oxygens (including phenoxy) is 2. The predicted molar refractivity (Wildman–Crippen MR) is 82.0 cm³/mol. The highest BCUT2D eigenvalue weighted by Crippen LogP contribution is 2.31. The van der Waals surface area contributed by atoms with Gasteiger partial charge in [0.2, 0.25) is 0 Å². The first-order valence-electron chi connectivity index (χ1n) is 7.40. The summed E-state index contributed by atoms with van der Waals surface area (Å²) in [5.74, 6) is -0.134. The molecule has 1 heterocycles. The van der Waals surface area contributed by atoms with Gasteiger partial charge in [0.15, 0.2) is 6.29 Å². The number of hydrogen-bond donors (Lipinski definition) is 4. The van der Waals surface area contributed by atoms with Crippen LogP contribution in [0.2, 0.25) is 0 Å². The van der Waals surface area contributed by atoms with E-state index in [-0.39, 0.29) is 5.92 Å². The van der Waals surface area contributed by atoms with Crippen LogP contribution in [-0.2, 0) is 9.47 Å². The molecule has 0 radical (unpaired) electrons. The van der Waals surface area contributed by atoms with Crippen molar-refractivity contribution in [2.75, 3.05) is 6.61 Å². The van der Waals surface area contributed by atoms with E-state index in [2.05, 4.69) is 6.58 Å². The number of aliphatic hydroxyl groups excluding tert-OH is 4. The smallest absolute Gasteiger partial charge is 0.187 e. The van der Waals surface area contributed by atoms with E-state index in [0.717, 1.165) is 5.57 Å². The molecular formula is C16H28O6. The van der Waals surface area contributed by atoms with Crippen molar-refractivity contribution in [3.63, 3.8) is 0 Å². The van der Waals surface area contributed by atoms with Crippen LogP contribution in [0.3, 0.4) is 0 Å². The zero-order valence-corrected chi connectivity index (χ0v) is 13.6. The average Bonchev–Trinajstić information content (AvgIpc) is 2.44. The lowest BCUT2D eigenvalue weighted by Gasteiger charge is -2.43. The molecule has 0 aliphatic carbocycles. The van der Waals surface area contributed by atoms with E-state index < -0.39 is 42.9 Å². The van der Waals surface area contributed by atoms with E-state index in [4.69, 9.17) is 9.47 Å². The SMILES string of the molecule is C=C[C@@H](C=C(C)C)C(C)(C)O[C@@H]1O[C@H](CO)[C@@H](O)[C@H](O)[C@H]1O. The molecule has 22 heavy (non-hydrogen) atoms. The first kappa shape index (κ1) is 19.3. The third kappa shape index (κ3) is 4.38. The Morgan fingerprint density at radius 2 is 1.82 bits per heavy atom. The highest BCUT2D eigenvalue weighted by Gasteiger charge is 2.46. The zero-order valence-electron chi connectivity index (χ0n) is 13.6. The summed E-state index contributed by atoms with van der Waals surface area (Å²) >= 11 is 0. The quantitative estimate of drug-likeness (QED) is 0.528. The molecule has 0 spiro atoms. The summed E-state index contributed by atoms with van der Waals surface area (Å²) < 4.78 is 11.2. The van der Waals surface area contributed by atoms with E-state index in [9.17, 15) is 20.4 Å². The largest absolute Gasteiger partial charge is 0.394 e. The van der Waals surface area contributed by atoms with E-state index in [1.54, 1.807) is 6.08 Å². The summed E-state index contributed by atoms with van der Waals surface area (Å²) in [5.41, 5.74) is 0.336. The fourth-order valence-corrected chi connectivity index (χ4v) is 2.45. The topological polar surface area (TPSA) is 99.4 Å². The highest BCUT2D eigenvalue weighted by atomic mass is 16.7. The maximum Gasteiger partial charge on any atom is 0.187 e. The van der Waals surface area contributed by atoms with Crippen LogP contribution in [0.15, 0.2) is 24.3 Å². The zero-order chi connectivity index (χ0) is 17.1. The molecule has 6 nitrogen and oxygen atoms in total. The first-order valence-corrected chi connectivity index (χ1v) is 7.40. The van der Waals surface area contributed by atoms with E-state index in [0.29, 0.717) is 0 Å². The summed E-state index contributed by atoms with van der Waals surface area (Å²) in [6, 6.07) is 0. The van der Waals surface area contributed by atoms with Crippen LogP contribution in [0, 0.1) is 5.92 Å². The molecular weight excluding hydrogens is 288 g/mol. The minimum atomic E-state index is -1.45. The fraction of sp³-hybridized carbons (Fsp3) is 0.750. The van der Waals surface area contributed by atoms with Gasteiger partial charge in [-0.15, -0.1) is 6.58 Å². The lowest BCUT2D eigenvalue weighted by molar-refractivity contribution is -0.325. The van der Waals surface area contributed by atoms with Gasteiger partial charge in [0.1, 0.15) is 24.4 Å². The van der Waals surface area contributed by atoms with Crippen molar-refractivity contribution < 1.29 is 29.9 Å². The van der Waals surface area contributed by atoms with Crippen LogP contribution in [-0.4, -0.2) is 63.3 Å². The van der Waals surface area contributed by atoms with Crippen molar-refractivity contribution in [3.05, 3.63) is 24.3 Å². The summed E-state index contributed by atoms with van der Waals surface area (Å²) in [7, 11) is 0. The Morgan fingerprint density at radius 1 is 1.23 bits per heavy atom. The van der Waals surface area contributed by atoms with Crippen LogP contribution in [0.5, 0.6) is 0 Å². The first-order chi connectivity index (χ1) is 10.1. The van der Waals surface area contributed by atoms with Gasteiger partial charge in [-0.1, -0.05) is 17.7 Å². The van der Waals surface area contributed by atoms with Gasteiger partial charge in [-0.25, -0.2) is 0 Å².